The summed E-state index contributed by atoms with van der Waals surface area (Å²) < 4.78 is 29.8. The highest BCUT2D eigenvalue weighted by Crippen LogP contribution is 2.22. The molecule has 0 aliphatic carbocycles. The summed E-state index contributed by atoms with van der Waals surface area (Å²) in [4.78, 5) is 15.9. The van der Waals surface area contributed by atoms with Crippen LogP contribution in [0.5, 0.6) is 5.75 Å². The molecule has 2 aromatic rings. The van der Waals surface area contributed by atoms with Crippen molar-refractivity contribution in [3.63, 3.8) is 0 Å². The van der Waals surface area contributed by atoms with Crippen LogP contribution in [0.25, 0.3) is 0 Å². The summed E-state index contributed by atoms with van der Waals surface area (Å²) in [5.41, 5.74) is 3.26. The first-order chi connectivity index (χ1) is 14.4. The number of carbonyl (C=O) groups excluding carboxylic acids is 1. The maximum absolute atomic E-state index is 12.6. The second kappa shape index (κ2) is 11.7. The fraction of sp³-hybridized carbons (Fsp3) is 0.364. The Morgan fingerprint density at radius 1 is 1.13 bits per heavy atom. The highest BCUT2D eigenvalue weighted by molar-refractivity contribution is 5.90. The van der Waals surface area contributed by atoms with Crippen LogP contribution in [0.3, 0.4) is 0 Å². The van der Waals surface area contributed by atoms with Crippen molar-refractivity contribution in [2.24, 2.45) is 4.99 Å². The lowest BCUT2D eigenvalue weighted by Crippen LogP contribution is -2.36. The average molecular weight is 418 g/mol. The fourth-order valence-electron chi connectivity index (χ4n) is 2.85. The predicted octanol–water partition coefficient (Wildman–Crippen LogP) is 4.20. The quantitative estimate of drug-likeness (QED) is 0.421. The number of guanidine groups is 1. The van der Waals surface area contributed by atoms with Gasteiger partial charge in [-0.2, -0.15) is 8.78 Å². The van der Waals surface area contributed by atoms with Crippen molar-refractivity contribution in [2.75, 3.05) is 12.4 Å². The molecule has 2 aromatic carbocycles. The first-order valence-corrected chi connectivity index (χ1v) is 9.79. The molecule has 0 bridgehead atoms. The predicted molar refractivity (Wildman–Crippen MR) is 115 cm³/mol. The number of aryl methyl sites for hydroxylation is 1. The molecule has 0 radical (unpaired) electrons. The Labute approximate surface area is 175 Å². The van der Waals surface area contributed by atoms with Crippen LogP contribution in [0.1, 0.15) is 36.5 Å². The largest absolute Gasteiger partial charge is 0.434 e. The monoisotopic (exact) mass is 418 g/mol. The molecular weight excluding hydrogens is 390 g/mol. The molecule has 1 amide bonds. The van der Waals surface area contributed by atoms with E-state index in [0.29, 0.717) is 24.5 Å². The molecule has 30 heavy (non-hydrogen) atoms. The second-order valence-corrected chi connectivity index (χ2v) is 6.77. The van der Waals surface area contributed by atoms with E-state index in [1.165, 1.54) is 6.07 Å². The lowest BCUT2D eigenvalue weighted by atomic mass is 10.1. The average Bonchev–Trinajstić information content (AvgIpc) is 2.70. The molecule has 0 unspecified atom stereocenters. The van der Waals surface area contributed by atoms with Crippen molar-refractivity contribution in [3.8, 4) is 5.75 Å². The third-order valence-corrected chi connectivity index (χ3v) is 4.25. The van der Waals surface area contributed by atoms with Crippen LogP contribution >= 0.6 is 0 Å². The number of aliphatic imine (C=N–C) groups is 1. The number of amides is 1. The Balaban J connectivity index is 1.95. The molecule has 6 nitrogen and oxygen atoms in total. The third-order valence-electron chi connectivity index (χ3n) is 4.25. The molecule has 0 aliphatic heterocycles. The smallest absolute Gasteiger partial charge is 0.387 e. The van der Waals surface area contributed by atoms with Gasteiger partial charge in [-0.25, -0.2) is 0 Å². The van der Waals surface area contributed by atoms with E-state index in [1.54, 1.807) is 19.2 Å². The zero-order valence-electron chi connectivity index (χ0n) is 17.5. The fourth-order valence-corrected chi connectivity index (χ4v) is 2.85. The van der Waals surface area contributed by atoms with E-state index in [4.69, 9.17) is 0 Å². The first kappa shape index (κ1) is 23.1. The minimum absolute atomic E-state index is 0.0138. The van der Waals surface area contributed by atoms with E-state index in [2.05, 4.69) is 25.7 Å². The lowest BCUT2D eigenvalue weighted by molar-refractivity contribution is -0.116. The number of nitrogens with one attached hydrogen (secondary N) is 3. The van der Waals surface area contributed by atoms with Gasteiger partial charge >= 0.3 is 6.61 Å². The Morgan fingerprint density at radius 3 is 2.60 bits per heavy atom. The van der Waals surface area contributed by atoms with Crippen molar-refractivity contribution in [1.82, 2.24) is 10.6 Å². The van der Waals surface area contributed by atoms with Crippen LogP contribution in [0, 0.1) is 6.92 Å². The Bertz CT molecular complexity index is 872. The van der Waals surface area contributed by atoms with Crippen LogP contribution in [-0.4, -0.2) is 25.5 Å². The summed E-state index contributed by atoms with van der Waals surface area (Å²) >= 11 is 0. The molecule has 3 N–H and O–H groups in total. The van der Waals surface area contributed by atoms with Gasteiger partial charge in [-0.3, -0.25) is 9.79 Å². The van der Waals surface area contributed by atoms with Crippen LogP contribution < -0.4 is 20.7 Å². The van der Waals surface area contributed by atoms with E-state index in [9.17, 15) is 13.6 Å². The van der Waals surface area contributed by atoms with Gasteiger partial charge in [0.05, 0.1) is 0 Å². The standard InChI is InChI=1S/C22H28F2N4O2/c1-4-6-20(29)28-18-8-5-7-16(12-18)13-26-22(25-3)27-14-17-11-15(2)9-10-19(17)30-21(23)24/h5,7-12,21H,4,6,13-14H2,1-3H3,(H,28,29)(H2,25,26,27). The maximum Gasteiger partial charge on any atom is 0.387 e. The molecule has 0 aliphatic rings. The summed E-state index contributed by atoms with van der Waals surface area (Å²) in [6.07, 6.45) is 1.27. The van der Waals surface area contributed by atoms with Crippen molar-refractivity contribution in [2.45, 2.75) is 46.4 Å². The molecule has 0 saturated carbocycles. The number of rotatable bonds is 9. The SMILES string of the molecule is CCCC(=O)Nc1cccc(CNC(=NC)NCc2cc(C)ccc2OC(F)F)c1. The number of benzene rings is 2. The lowest BCUT2D eigenvalue weighted by Gasteiger charge is -2.15. The highest BCUT2D eigenvalue weighted by Gasteiger charge is 2.10. The van der Waals surface area contributed by atoms with Crippen LogP contribution in [-0.2, 0) is 17.9 Å². The van der Waals surface area contributed by atoms with E-state index in [1.807, 2.05) is 38.1 Å². The molecule has 162 valence electrons. The minimum Gasteiger partial charge on any atom is -0.434 e. The summed E-state index contributed by atoms with van der Waals surface area (Å²) in [6.45, 7) is 1.71. The van der Waals surface area contributed by atoms with Crippen LogP contribution in [0.15, 0.2) is 47.5 Å². The van der Waals surface area contributed by atoms with E-state index < -0.39 is 6.61 Å². The van der Waals surface area contributed by atoms with Gasteiger partial charge in [0.1, 0.15) is 5.75 Å². The molecule has 2 rings (SSSR count). The zero-order valence-corrected chi connectivity index (χ0v) is 17.5. The maximum atomic E-state index is 12.6. The van der Waals surface area contributed by atoms with Gasteiger partial charge in [0.2, 0.25) is 5.91 Å². The topological polar surface area (TPSA) is 74.8 Å². The Morgan fingerprint density at radius 2 is 1.90 bits per heavy atom. The molecule has 0 saturated heterocycles. The number of halogens is 2. The van der Waals surface area contributed by atoms with Crippen LogP contribution in [0.2, 0.25) is 0 Å². The van der Waals surface area contributed by atoms with Gasteiger partial charge in [-0.15, -0.1) is 0 Å². The van der Waals surface area contributed by atoms with Gasteiger partial charge < -0.3 is 20.7 Å². The number of alkyl halides is 2. The Hall–Kier alpha value is -3.16. The number of nitrogens with zero attached hydrogens (tertiary/aromatic N) is 1. The third kappa shape index (κ3) is 7.69. The summed E-state index contributed by atoms with van der Waals surface area (Å²) in [6, 6.07) is 12.6. The number of anilines is 1. The number of hydrogen-bond acceptors (Lipinski definition) is 3. The second-order valence-electron chi connectivity index (χ2n) is 6.77. The van der Waals surface area contributed by atoms with Crippen LogP contribution in [0.4, 0.5) is 14.5 Å². The van der Waals surface area contributed by atoms with Crippen molar-refractivity contribution in [3.05, 3.63) is 59.2 Å². The van der Waals surface area contributed by atoms with Gasteiger partial charge in [0, 0.05) is 37.8 Å². The van der Waals surface area contributed by atoms with Crippen molar-refractivity contribution >= 4 is 17.6 Å². The highest BCUT2D eigenvalue weighted by atomic mass is 19.3. The van der Waals surface area contributed by atoms with Gasteiger partial charge in [0.15, 0.2) is 5.96 Å². The Kier molecular flexibility index (Phi) is 9.05. The molecular formula is C22H28F2N4O2. The van der Waals surface area contributed by atoms with Crippen molar-refractivity contribution < 1.29 is 18.3 Å². The van der Waals surface area contributed by atoms with Gasteiger partial charge in [-0.05, 0) is 37.1 Å². The number of hydrogen-bond donors (Lipinski definition) is 3. The molecule has 0 fully saturated rings. The minimum atomic E-state index is -2.88. The molecule has 0 aromatic heterocycles. The van der Waals surface area contributed by atoms with E-state index in [-0.39, 0.29) is 18.2 Å². The number of ether oxygens (including phenoxy) is 1. The number of carbonyl (C=O) groups is 1. The van der Waals surface area contributed by atoms with Crippen molar-refractivity contribution in [1.29, 1.82) is 0 Å². The summed E-state index contributed by atoms with van der Waals surface area (Å²) in [5, 5.41) is 9.15. The first-order valence-electron chi connectivity index (χ1n) is 9.79. The molecule has 0 atom stereocenters. The van der Waals surface area contributed by atoms with Gasteiger partial charge in [-0.1, -0.05) is 36.8 Å². The summed E-state index contributed by atoms with van der Waals surface area (Å²) in [7, 11) is 1.63. The normalized spacial score (nSPS) is 11.3. The molecule has 0 spiro atoms. The van der Waals surface area contributed by atoms with Gasteiger partial charge in [0.25, 0.3) is 0 Å². The molecule has 8 heteroatoms. The zero-order chi connectivity index (χ0) is 21.9. The van der Waals surface area contributed by atoms with E-state index >= 15 is 0 Å². The van der Waals surface area contributed by atoms with E-state index in [0.717, 1.165) is 23.2 Å². The molecule has 0 heterocycles. The summed E-state index contributed by atoms with van der Waals surface area (Å²) in [5.74, 6) is 0.633.